The molecule has 3 heteroatoms. The lowest BCUT2D eigenvalue weighted by Crippen LogP contribution is -2.31. The van der Waals surface area contributed by atoms with Crippen LogP contribution in [-0.4, -0.2) is 19.0 Å². The van der Waals surface area contributed by atoms with Gasteiger partial charge in [-0.25, -0.2) is 0 Å². The number of ether oxygens (including phenoxy) is 2. The molecule has 2 saturated carbocycles. The minimum Gasteiger partial charge on any atom is -0.352 e. The van der Waals surface area contributed by atoms with E-state index < -0.39 is 0 Å². The van der Waals surface area contributed by atoms with Gasteiger partial charge in [0.15, 0.2) is 0 Å². The van der Waals surface area contributed by atoms with E-state index in [1.807, 2.05) is 0 Å². The number of rotatable bonds is 12. The lowest BCUT2D eigenvalue weighted by molar-refractivity contribution is -0.137. The molecule has 2 rings (SSSR count). The quantitative estimate of drug-likeness (QED) is 0.268. The molecule has 0 N–H and O–H groups in total. The maximum absolute atomic E-state index is 9.72. The molecule has 0 aromatic heterocycles. The molecule has 0 atom stereocenters. The highest BCUT2D eigenvalue weighted by Gasteiger charge is 2.35. The Morgan fingerprint density at radius 1 is 0.815 bits per heavy atom. The first-order valence-corrected chi connectivity index (χ1v) is 11.9. The van der Waals surface area contributed by atoms with Crippen molar-refractivity contribution in [2.75, 3.05) is 6.79 Å². The molecule has 2 aliphatic carbocycles. The zero-order valence-corrected chi connectivity index (χ0v) is 18.0. The number of nitriles is 1. The largest absolute Gasteiger partial charge is 0.352 e. The van der Waals surface area contributed by atoms with Crippen LogP contribution in [0.5, 0.6) is 0 Å². The molecule has 0 aromatic carbocycles. The maximum atomic E-state index is 9.72. The minimum absolute atomic E-state index is 0.0788. The molecule has 0 radical (unpaired) electrons. The molecule has 0 aromatic rings. The van der Waals surface area contributed by atoms with Crippen molar-refractivity contribution < 1.29 is 9.47 Å². The standard InChI is InChI=1S/C24H43NO2/c1-3-5-6-7-8-16-24(19-25)17-14-23(15-18-24)27-20-26-22-12-10-21(9-4-2)11-13-22/h21-23H,3-18,20H2,1-2H3/t21-,22-,23-,24-. The van der Waals surface area contributed by atoms with Crippen molar-refractivity contribution in [3.05, 3.63) is 0 Å². The Hall–Kier alpha value is -0.590. The molecule has 0 unspecified atom stereocenters. The lowest BCUT2D eigenvalue weighted by Gasteiger charge is -2.35. The van der Waals surface area contributed by atoms with Gasteiger partial charge in [0.05, 0.1) is 23.7 Å². The number of hydrogen-bond donors (Lipinski definition) is 0. The number of unbranched alkanes of at least 4 members (excludes halogenated alkanes) is 4. The topological polar surface area (TPSA) is 42.2 Å². The van der Waals surface area contributed by atoms with Crippen LogP contribution in [-0.2, 0) is 9.47 Å². The third-order valence-corrected chi connectivity index (χ3v) is 6.98. The molecule has 0 heterocycles. The second-order valence-corrected chi connectivity index (χ2v) is 9.14. The van der Waals surface area contributed by atoms with Crippen molar-refractivity contribution >= 4 is 0 Å². The average Bonchev–Trinajstić information content (AvgIpc) is 2.71. The third kappa shape index (κ3) is 8.12. The first-order chi connectivity index (χ1) is 13.2. The van der Waals surface area contributed by atoms with Crippen LogP contribution in [0.2, 0.25) is 0 Å². The third-order valence-electron chi connectivity index (χ3n) is 6.98. The second kappa shape index (κ2) is 12.8. The highest BCUT2D eigenvalue weighted by molar-refractivity contribution is 5.01. The van der Waals surface area contributed by atoms with E-state index in [0.29, 0.717) is 19.0 Å². The Morgan fingerprint density at radius 2 is 1.44 bits per heavy atom. The fourth-order valence-electron chi connectivity index (χ4n) is 5.02. The monoisotopic (exact) mass is 377 g/mol. The molecule has 156 valence electrons. The van der Waals surface area contributed by atoms with Crippen molar-refractivity contribution in [3.8, 4) is 6.07 Å². The highest BCUT2D eigenvalue weighted by atomic mass is 16.7. The normalized spacial score (nSPS) is 31.5. The van der Waals surface area contributed by atoms with Gasteiger partial charge in [-0.2, -0.15) is 5.26 Å². The van der Waals surface area contributed by atoms with Crippen molar-refractivity contribution in [1.29, 1.82) is 5.26 Å². The van der Waals surface area contributed by atoms with Gasteiger partial charge in [0.2, 0.25) is 0 Å². The Morgan fingerprint density at radius 3 is 2.04 bits per heavy atom. The molecule has 27 heavy (non-hydrogen) atoms. The first kappa shape index (κ1) is 22.7. The highest BCUT2D eigenvalue weighted by Crippen LogP contribution is 2.41. The van der Waals surface area contributed by atoms with Crippen molar-refractivity contribution in [2.24, 2.45) is 11.3 Å². The predicted molar refractivity (Wildman–Crippen MR) is 111 cm³/mol. The van der Waals surface area contributed by atoms with Gasteiger partial charge in [-0.15, -0.1) is 0 Å². The summed E-state index contributed by atoms with van der Waals surface area (Å²) in [5.41, 5.74) is -0.0788. The van der Waals surface area contributed by atoms with Gasteiger partial charge in [-0.3, -0.25) is 0 Å². The average molecular weight is 378 g/mol. The van der Waals surface area contributed by atoms with Crippen LogP contribution in [0.25, 0.3) is 0 Å². The van der Waals surface area contributed by atoms with E-state index in [-0.39, 0.29) is 5.41 Å². The van der Waals surface area contributed by atoms with Crippen LogP contribution in [0.4, 0.5) is 0 Å². The fourth-order valence-corrected chi connectivity index (χ4v) is 5.02. The molecule has 0 aliphatic heterocycles. The molecular formula is C24H43NO2. The molecule has 2 fully saturated rings. The summed E-state index contributed by atoms with van der Waals surface area (Å²) in [5, 5.41) is 9.72. The van der Waals surface area contributed by atoms with Crippen LogP contribution in [0, 0.1) is 22.7 Å². The van der Waals surface area contributed by atoms with Gasteiger partial charge in [-0.1, -0.05) is 58.8 Å². The smallest absolute Gasteiger partial charge is 0.147 e. The summed E-state index contributed by atoms with van der Waals surface area (Å²) in [4.78, 5) is 0. The zero-order chi connectivity index (χ0) is 19.4. The summed E-state index contributed by atoms with van der Waals surface area (Å²) >= 11 is 0. The number of hydrogen-bond acceptors (Lipinski definition) is 3. The van der Waals surface area contributed by atoms with Crippen LogP contribution in [0.15, 0.2) is 0 Å². The Kier molecular flexibility index (Phi) is 10.7. The molecule has 3 nitrogen and oxygen atoms in total. The van der Waals surface area contributed by atoms with E-state index in [1.54, 1.807) is 0 Å². The van der Waals surface area contributed by atoms with Crippen molar-refractivity contribution in [3.63, 3.8) is 0 Å². The van der Waals surface area contributed by atoms with E-state index in [4.69, 9.17) is 9.47 Å². The fraction of sp³-hybridized carbons (Fsp3) is 0.958. The van der Waals surface area contributed by atoms with E-state index in [1.165, 1.54) is 70.6 Å². The van der Waals surface area contributed by atoms with Gasteiger partial charge >= 0.3 is 0 Å². The summed E-state index contributed by atoms with van der Waals surface area (Å²) in [6.45, 7) is 4.98. The first-order valence-electron chi connectivity index (χ1n) is 11.9. The Labute approximate surface area is 168 Å². The molecule has 0 saturated heterocycles. The van der Waals surface area contributed by atoms with Gasteiger partial charge in [0, 0.05) is 0 Å². The van der Waals surface area contributed by atoms with Gasteiger partial charge in [-0.05, 0) is 63.7 Å². The zero-order valence-electron chi connectivity index (χ0n) is 18.0. The molecule has 0 bridgehead atoms. The molecule has 0 spiro atoms. The molecule has 0 amide bonds. The summed E-state index contributed by atoms with van der Waals surface area (Å²) < 4.78 is 12.0. The van der Waals surface area contributed by atoms with Crippen molar-refractivity contribution in [1.82, 2.24) is 0 Å². The molecule has 2 aliphatic rings. The summed E-state index contributed by atoms with van der Waals surface area (Å²) in [5.74, 6) is 0.926. The van der Waals surface area contributed by atoms with E-state index in [2.05, 4.69) is 19.9 Å². The summed E-state index contributed by atoms with van der Waals surface area (Å²) in [7, 11) is 0. The Bertz CT molecular complexity index is 415. The van der Waals surface area contributed by atoms with Gasteiger partial charge in [0.1, 0.15) is 6.79 Å². The summed E-state index contributed by atoms with van der Waals surface area (Å²) in [6.07, 6.45) is 20.0. The Balaban J connectivity index is 1.56. The maximum Gasteiger partial charge on any atom is 0.147 e. The predicted octanol–water partition coefficient (Wildman–Crippen LogP) is 7.15. The minimum atomic E-state index is -0.0788. The van der Waals surface area contributed by atoms with E-state index >= 15 is 0 Å². The lowest BCUT2D eigenvalue weighted by atomic mass is 9.71. The van der Waals surface area contributed by atoms with E-state index in [9.17, 15) is 5.26 Å². The van der Waals surface area contributed by atoms with Gasteiger partial charge in [0.25, 0.3) is 0 Å². The number of nitrogens with zero attached hydrogens (tertiary/aromatic N) is 1. The van der Waals surface area contributed by atoms with E-state index in [0.717, 1.165) is 38.0 Å². The second-order valence-electron chi connectivity index (χ2n) is 9.14. The van der Waals surface area contributed by atoms with Gasteiger partial charge < -0.3 is 9.47 Å². The summed E-state index contributed by atoms with van der Waals surface area (Å²) in [6, 6.07) is 2.66. The molecular weight excluding hydrogens is 334 g/mol. The SMILES string of the molecule is CCCCCCC[C@]1(C#N)CC[C@H](OCO[C@H]2CC[C@H](CCC)CC2)CC1. The van der Waals surface area contributed by atoms with Crippen LogP contribution < -0.4 is 0 Å². The van der Waals surface area contributed by atoms with Crippen LogP contribution >= 0.6 is 0 Å². The van der Waals surface area contributed by atoms with Crippen molar-refractivity contribution in [2.45, 2.75) is 129 Å². The van der Waals surface area contributed by atoms with Crippen LogP contribution in [0.1, 0.15) is 117 Å². The van der Waals surface area contributed by atoms with Crippen LogP contribution in [0.3, 0.4) is 0 Å².